The van der Waals surface area contributed by atoms with Crippen molar-refractivity contribution in [3.8, 4) is 5.88 Å². The number of halogens is 1. The molecule has 4 nitrogen and oxygen atoms in total. The highest BCUT2D eigenvalue weighted by atomic mass is 19.1. The van der Waals surface area contributed by atoms with Gasteiger partial charge < -0.3 is 14.7 Å². The molecule has 0 aliphatic carbocycles. The minimum Gasteiger partial charge on any atom is -0.493 e. The highest BCUT2D eigenvalue weighted by Crippen LogP contribution is 2.29. The maximum Gasteiger partial charge on any atom is 0.216 e. The number of nitrogens with zero attached hydrogens (tertiary/aromatic N) is 2. The van der Waals surface area contributed by atoms with Crippen molar-refractivity contribution in [1.29, 1.82) is 0 Å². The Balaban J connectivity index is 2.36. The van der Waals surface area contributed by atoms with Crippen LogP contribution in [0.1, 0.15) is 5.56 Å². The highest BCUT2D eigenvalue weighted by Gasteiger charge is 2.19. The summed E-state index contributed by atoms with van der Waals surface area (Å²) in [6.45, 7) is 4.11. The van der Waals surface area contributed by atoms with Crippen molar-refractivity contribution in [1.82, 2.24) is 4.98 Å². The molecule has 0 amide bonds. The molecule has 0 radical (unpaired) electrons. The number of aromatic hydroxyl groups is 1. The third-order valence-corrected chi connectivity index (χ3v) is 2.54. The van der Waals surface area contributed by atoms with Crippen LogP contribution < -0.4 is 4.90 Å². The average molecular weight is 212 g/mol. The summed E-state index contributed by atoms with van der Waals surface area (Å²) in [6.07, 6.45) is 1.05. The number of morpholine rings is 1. The van der Waals surface area contributed by atoms with Crippen LogP contribution in [0.15, 0.2) is 6.20 Å². The normalized spacial score (nSPS) is 16.8. The fourth-order valence-corrected chi connectivity index (χ4v) is 1.74. The molecule has 1 saturated heterocycles. The molecule has 0 aromatic carbocycles. The van der Waals surface area contributed by atoms with Crippen LogP contribution in [0.25, 0.3) is 0 Å². The first kappa shape index (κ1) is 10.2. The predicted octanol–water partition coefficient (Wildman–Crippen LogP) is 1.07. The summed E-state index contributed by atoms with van der Waals surface area (Å²) in [5.74, 6) is -0.509. The molecule has 1 aliphatic heterocycles. The van der Waals surface area contributed by atoms with E-state index in [2.05, 4.69) is 4.98 Å². The molecule has 2 rings (SSSR count). The second-order valence-corrected chi connectivity index (χ2v) is 3.50. The van der Waals surface area contributed by atoms with Crippen LogP contribution in [0.2, 0.25) is 0 Å². The largest absolute Gasteiger partial charge is 0.493 e. The van der Waals surface area contributed by atoms with Crippen molar-refractivity contribution >= 4 is 5.69 Å². The highest BCUT2D eigenvalue weighted by molar-refractivity contribution is 5.57. The van der Waals surface area contributed by atoms with E-state index in [1.54, 1.807) is 6.92 Å². The van der Waals surface area contributed by atoms with Crippen molar-refractivity contribution in [3.63, 3.8) is 0 Å². The van der Waals surface area contributed by atoms with E-state index in [-0.39, 0.29) is 5.88 Å². The average Bonchev–Trinajstić information content (AvgIpc) is 2.26. The fourth-order valence-electron chi connectivity index (χ4n) is 1.74. The maximum atomic E-state index is 13.6. The van der Waals surface area contributed by atoms with Crippen molar-refractivity contribution in [3.05, 3.63) is 17.6 Å². The molecule has 1 aromatic rings. The number of hydrogen-bond donors (Lipinski definition) is 1. The third-order valence-electron chi connectivity index (χ3n) is 2.54. The lowest BCUT2D eigenvalue weighted by Crippen LogP contribution is -2.37. The summed E-state index contributed by atoms with van der Waals surface area (Å²) >= 11 is 0. The zero-order valence-electron chi connectivity index (χ0n) is 8.53. The van der Waals surface area contributed by atoms with Crippen LogP contribution in [-0.2, 0) is 4.74 Å². The van der Waals surface area contributed by atoms with E-state index < -0.39 is 5.82 Å². The number of rotatable bonds is 1. The van der Waals surface area contributed by atoms with E-state index >= 15 is 0 Å². The number of ether oxygens (including phenoxy) is 1. The minimum atomic E-state index is -0.396. The van der Waals surface area contributed by atoms with E-state index in [9.17, 15) is 9.50 Å². The first-order chi connectivity index (χ1) is 7.20. The summed E-state index contributed by atoms with van der Waals surface area (Å²) in [6, 6.07) is 0. The Morgan fingerprint density at radius 3 is 2.80 bits per heavy atom. The van der Waals surface area contributed by atoms with E-state index in [0.29, 0.717) is 37.6 Å². The van der Waals surface area contributed by atoms with E-state index in [1.165, 1.54) is 0 Å². The number of hydrogen-bond acceptors (Lipinski definition) is 4. The Hall–Kier alpha value is -1.36. The Kier molecular flexibility index (Phi) is 2.73. The van der Waals surface area contributed by atoms with E-state index in [1.807, 2.05) is 4.90 Å². The molecule has 1 aromatic heterocycles. The van der Waals surface area contributed by atoms with Crippen LogP contribution in [0.3, 0.4) is 0 Å². The van der Waals surface area contributed by atoms with Gasteiger partial charge in [-0.05, 0) is 6.92 Å². The van der Waals surface area contributed by atoms with E-state index in [4.69, 9.17) is 4.74 Å². The summed E-state index contributed by atoms with van der Waals surface area (Å²) in [4.78, 5) is 5.43. The lowest BCUT2D eigenvalue weighted by atomic mass is 10.2. The summed E-state index contributed by atoms with van der Waals surface area (Å²) < 4.78 is 18.7. The lowest BCUT2D eigenvalue weighted by molar-refractivity contribution is 0.122. The Labute approximate surface area is 87.3 Å². The van der Waals surface area contributed by atoms with E-state index in [0.717, 1.165) is 6.20 Å². The second kappa shape index (κ2) is 4.02. The Morgan fingerprint density at radius 2 is 2.13 bits per heavy atom. The summed E-state index contributed by atoms with van der Waals surface area (Å²) in [5.41, 5.74) is 0.919. The monoisotopic (exact) mass is 212 g/mol. The minimum absolute atomic E-state index is 0.113. The van der Waals surface area contributed by atoms with Crippen molar-refractivity contribution in [2.24, 2.45) is 0 Å². The van der Waals surface area contributed by atoms with Gasteiger partial charge in [-0.15, -0.1) is 0 Å². The molecule has 0 spiro atoms. The second-order valence-electron chi connectivity index (χ2n) is 3.50. The lowest BCUT2D eigenvalue weighted by Gasteiger charge is -2.30. The Bertz CT molecular complexity index is 365. The zero-order valence-corrected chi connectivity index (χ0v) is 8.53. The molecule has 1 fully saturated rings. The molecule has 0 saturated carbocycles. The topological polar surface area (TPSA) is 45.6 Å². The standard InChI is InChI=1S/C10H13FN2O2/c1-7-9(8(11)6-12-10(7)14)13-2-4-15-5-3-13/h6H,2-5H2,1H3,(H,12,14). The zero-order chi connectivity index (χ0) is 10.8. The molecular formula is C10H13FN2O2. The van der Waals surface area contributed by atoms with Gasteiger partial charge >= 0.3 is 0 Å². The molecule has 2 heterocycles. The molecule has 0 atom stereocenters. The molecule has 1 aliphatic rings. The van der Waals surface area contributed by atoms with Crippen LogP contribution >= 0.6 is 0 Å². The van der Waals surface area contributed by atoms with Crippen molar-refractivity contribution in [2.75, 3.05) is 31.2 Å². The fraction of sp³-hybridized carbons (Fsp3) is 0.500. The van der Waals surface area contributed by atoms with Gasteiger partial charge in [-0.25, -0.2) is 9.37 Å². The molecule has 82 valence electrons. The molecular weight excluding hydrogens is 199 g/mol. The first-order valence-corrected chi connectivity index (χ1v) is 4.87. The van der Waals surface area contributed by atoms with Gasteiger partial charge in [-0.3, -0.25) is 0 Å². The van der Waals surface area contributed by atoms with Crippen LogP contribution in [0, 0.1) is 12.7 Å². The Morgan fingerprint density at radius 1 is 1.47 bits per heavy atom. The molecule has 5 heteroatoms. The smallest absolute Gasteiger partial charge is 0.216 e. The van der Waals surface area contributed by atoms with Crippen LogP contribution in [0.5, 0.6) is 5.88 Å². The van der Waals surface area contributed by atoms with Gasteiger partial charge in [-0.1, -0.05) is 0 Å². The molecule has 1 N–H and O–H groups in total. The summed E-state index contributed by atoms with van der Waals surface area (Å²) in [7, 11) is 0. The van der Waals surface area contributed by atoms with Crippen molar-refractivity contribution in [2.45, 2.75) is 6.92 Å². The molecule has 0 unspecified atom stereocenters. The SMILES string of the molecule is Cc1c(O)ncc(F)c1N1CCOCC1. The van der Waals surface area contributed by atoms with Gasteiger partial charge in [0, 0.05) is 18.7 Å². The van der Waals surface area contributed by atoms with Crippen LogP contribution in [-0.4, -0.2) is 36.4 Å². The summed E-state index contributed by atoms with van der Waals surface area (Å²) in [5, 5.41) is 9.42. The predicted molar refractivity (Wildman–Crippen MR) is 53.6 cm³/mol. The van der Waals surface area contributed by atoms with Gasteiger partial charge in [0.25, 0.3) is 0 Å². The molecule has 15 heavy (non-hydrogen) atoms. The first-order valence-electron chi connectivity index (χ1n) is 4.87. The molecule has 0 bridgehead atoms. The number of anilines is 1. The van der Waals surface area contributed by atoms with Crippen LogP contribution in [0.4, 0.5) is 10.1 Å². The number of aromatic nitrogens is 1. The number of pyridine rings is 1. The van der Waals surface area contributed by atoms with Gasteiger partial charge in [-0.2, -0.15) is 0 Å². The van der Waals surface area contributed by atoms with Gasteiger partial charge in [0.2, 0.25) is 5.88 Å². The van der Waals surface area contributed by atoms with Crippen molar-refractivity contribution < 1.29 is 14.2 Å². The third kappa shape index (κ3) is 1.87. The quantitative estimate of drug-likeness (QED) is 0.756. The van der Waals surface area contributed by atoms with Gasteiger partial charge in [0.05, 0.1) is 25.1 Å². The maximum absolute atomic E-state index is 13.6. The van der Waals surface area contributed by atoms with Gasteiger partial charge in [0.1, 0.15) is 0 Å². The van der Waals surface area contributed by atoms with Gasteiger partial charge in [0.15, 0.2) is 5.82 Å².